The van der Waals surface area contributed by atoms with Crippen LogP contribution in [0.3, 0.4) is 0 Å². The lowest BCUT2D eigenvalue weighted by Gasteiger charge is -2.53. The fourth-order valence-electron chi connectivity index (χ4n) is 5.58. The maximum atomic E-state index is 12.7. The van der Waals surface area contributed by atoms with E-state index in [1.165, 1.54) is 12.7 Å². The van der Waals surface area contributed by atoms with Crippen LogP contribution < -0.4 is 5.32 Å². The van der Waals surface area contributed by atoms with Gasteiger partial charge in [0, 0.05) is 18.0 Å². The van der Waals surface area contributed by atoms with Gasteiger partial charge in [0.15, 0.2) is 0 Å². The van der Waals surface area contributed by atoms with Gasteiger partial charge in [-0.25, -0.2) is 4.79 Å². The first-order valence-electron chi connectivity index (χ1n) is 12.7. The van der Waals surface area contributed by atoms with E-state index in [1.807, 2.05) is 37.3 Å². The molecule has 37 heavy (non-hydrogen) atoms. The highest BCUT2D eigenvalue weighted by Gasteiger charge is 2.51. The van der Waals surface area contributed by atoms with E-state index >= 15 is 0 Å². The second-order valence-electron chi connectivity index (χ2n) is 10.2. The summed E-state index contributed by atoms with van der Waals surface area (Å²) in [6, 6.07) is 18.0. The van der Waals surface area contributed by atoms with Gasteiger partial charge in [0.05, 0.1) is 31.9 Å². The van der Waals surface area contributed by atoms with Crippen LogP contribution in [-0.2, 0) is 31.5 Å². The van der Waals surface area contributed by atoms with E-state index in [0.29, 0.717) is 18.8 Å². The molecular weight excluding hydrogens is 470 g/mol. The number of nitrogens with one attached hydrogen (secondary N) is 1. The Morgan fingerprint density at radius 1 is 1.08 bits per heavy atom. The summed E-state index contributed by atoms with van der Waals surface area (Å²) >= 11 is 0. The first-order valence-corrected chi connectivity index (χ1v) is 12.7. The zero-order valence-electron chi connectivity index (χ0n) is 21.5. The smallest absolute Gasteiger partial charge is 0.413 e. The molecule has 1 N–H and O–H groups in total. The van der Waals surface area contributed by atoms with Crippen molar-refractivity contribution in [3.8, 4) is 11.1 Å². The first kappa shape index (κ1) is 25.0. The summed E-state index contributed by atoms with van der Waals surface area (Å²) in [5, 5.41) is 7.23. The molecule has 3 aromatic rings. The first-order chi connectivity index (χ1) is 17.8. The molecule has 1 aliphatic carbocycles. The molecule has 2 bridgehead atoms. The fraction of sp³-hybridized carbons (Fsp3) is 0.414. The summed E-state index contributed by atoms with van der Waals surface area (Å²) < 4.78 is 18.4. The molecule has 1 amide bonds. The summed E-state index contributed by atoms with van der Waals surface area (Å²) in [5.74, 6) is 0.362. The van der Waals surface area contributed by atoms with Crippen molar-refractivity contribution >= 4 is 17.9 Å². The number of anilines is 1. The van der Waals surface area contributed by atoms with E-state index < -0.39 is 6.09 Å². The van der Waals surface area contributed by atoms with Crippen LogP contribution in [0.25, 0.3) is 11.1 Å². The number of rotatable bonds is 7. The number of amides is 1. The largest absolute Gasteiger partial charge is 0.469 e. The summed E-state index contributed by atoms with van der Waals surface area (Å²) in [6.07, 6.45) is 4.82. The molecule has 1 saturated carbocycles. The van der Waals surface area contributed by atoms with Crippen molar-refractivity contribution in [2.75, 3.05) is 19.0 Å². The number of hydrogen-bond acceptors (Lipinski definition) is 6. The number of benzene rings is 2. The third-order valence-corrected chi connectivity index (χ3v) is 7.99. The zero-order valence-corrected chi connectivity index (χ0v) is 21.5. The highest BCUT2D eigenvalue weighted by Crippen LogP contribution is 2.51. The van der Waals surface area contributed by atoms with Crippen LogP contribution in [0.1, 0.15) is 56.3 Å². The van der Waals surface area contributed by atoms with Gasteiger partial charge in [0.2, 0.25) is 0 Å². The third kappa shape index (κ3) is 4.98. The van der Waals surface area contributed by atoms with Gasteiger partial charge in [-0.05, 0) is 49.3 Å². The lowest BCUT2D eigenvalue weighted by Crippen LogP contribution is -2.54. The molecule has 1 aromatic heterocycles. The van der Waals surface area contributed by atoms with Crippen molar-refractivity contribution in [1.29, 1.82) is 0 Å². The van der Waals surface area contributed by atoms with Crippen LogP contribution >= 0.6 is 0 Å². The van der Waals surface area contributed by atoms with Gasteiger partial charge in [-0.2, -0.15) is 5.10 Å². The standard InChI is InChI=1S/C29H33N3O5/c1-20(21-7-5-4-6-8-21)37-27(34)31-26-24(18-30-32(26)2)22-9-11-23(12-10-22)28-13-15-29(16-14-28,36-19-28)17-25(33)35-3/h4-12,18,20H,13-17,19H2,1-3H3,(H,31,34). The quantitative estimate of drug-likeness (QED) is 0.426. The van der Waals surface area contributed by atoms with Crippen LogP contribution in [0.5, 0.6) is 0 Å². The molecule has 8 nitrogen and oxygen atoms in total. The average Bonchev–Trinajstić information content (AvgIpc) is 3.29. The highest BCUT2D eigenvalue weighted by atomic mass is 16.6. The molecule has 3 aliphatic rings. The van der Waals surface area contributed by atoms with E-state index in [-0.39, 0.29) is 23.1 Å². The number of esters is 1. The van der Waals surface area contributed by atoms with Gasteiger partial charge in [0.1, 0.15) is 11.9 Å². The topological polar surface area (TPSA) is 91.7 Å². The molecule has 3 heterocycles. The van der Waals surface area contributed by atoms with Crippen LogP contribution in [0.15, 0.2) is 60.8 Å². The summed E-state index contributed by atoms with van der Waals surface area (Å²) in [6.45, 7) is 2.45. The number of carbonyl (C=O) groups excluding carboxylic acids is 2. The highest BCUT2D eigenvalue weighted by molar-refractivity contribution is 5.90. The van der Waals surface area contributed by atoms with Gasteiger partial charge >= 0.3 is 12.1 Å². The predicted octanol–water partition coefficient (Wildman–Crippen LogP) is 5.54. The number of carbonyl (C=O) groups is 2. The van der Waals surface area contributed by atoms with Crippen molar-refractivity contribution < 1.29 is 23.8 Å². The molecule has 8 heteroatoms. The number of fused-ring (bicyclic) bond motifs is 3. The van der Waals surface area contributed by atoms with E-state index in [4.69, 9.17) is 14.2 Å². The fourth-order valence-corrected chi connectivity index (χ4v) is 5.58. The minimum atomic E-state index is -0.534. The number of aryl methyl sites for hydroxylation is 1. The Morgan fingerprint density at radius 2 is 1.78 bits per heavy atom. The molecule has 2 saturated heterocycles. The van der Waals surface area contributed by atoms with Crippen molar-refractivity contribution in [3.05, 3.63) is 71.9 Å². The molecule has 0 radical (unpaired) electrons. The Balaban J connectivity index is 1.27. The number of methoxy groups -OCH3 is 1. The number of hydrogen-bond donors (Lipinski definition) is 1. The predicted molar refractivity (Wildman–Crippen MR) is 139 cm³/mol. The minimum absolute atomic E-state index is 0.0379. The van der Waals surface area contributed by atoms with E-state index in [0.717, 1.165) is 42.4 Å². The minimum Gasteiger partial charge on any atom is -0.469 e. The Bertz CT molecular complexity index is 1240. The molecule has 2 aromatic carbocycles. The Morgan fingerprint density at radius 3 is 2.41 bits per heavy atom. The van der Waals surface area contributed by atoms with Crippen LogP contribution in [0.4, 0.5) is 10.6 Å². The van der Waals surface area contributed by atoms with Crippen LogP contribution in [-0.4, -0.2) is 41.2 Å². The Labute approximate surface area is 216 Å². The molecule has 2 aliphatic heterocycles. The van der Waals surface area contributed by atoms with Gasteiger partial charge < -0.3 is 14.2 Å². The van der Waals surface area contributed by atoms with Crippen LogP contribution in [0, 0.1) is 0 Å². The second-order valence-corrected chi connectivity index (χ2v) is 10.2. The second kappa shape index (κ2) is 10.0. The number of nitrogens with zero attached hydrogens (tertiary/aromatic N) is 2. The Hall–Kier alpha value is -3.65. The summed E-state index contributed by atoms with van der Waals surface area (Å²) in [4.78, 5) is 24.5. The van der Waals surface area contributed by atoms with Gasteiger partial charge in [-0.3, -0.25) is 14.8 Å². The third-order valence-electron chi connectivity index (χ3n) is 7.99. The van der Waals surface area contributed by atoms with Crippen molar-refractivity contribution in [3.63, 3.8) is 0 Å². The lowest BCUT2D eigenvalue weighted by atomic mass is 9.62. The monoisotopic (exact) mass is 503 g/mol. The summed E-state index contributed by atoms with van der Waals surface area (Å²) in [5.41, 5.74) is 3.51. The van der Waals surface area contributed by atoms with Gasteiger partial charge in [0.25, 0.3) is 0 Å². The molecular formula is C29H33N3O5. The zero-order chi connectivity index (χ0) is 26.0. The molecule has 194 valence electrons. The maximum absolute atomic E-state index is 12.7. The van der Waals surface area contributed by atoms with Gasteiger partial charge in [-0.1, -0.05) is 54.6 Å². The molecule has 6 rings (SSSR count). The lowest BCUT2D eigenvalue weighted by molar-refractivity contribution is -0.176. The van der Waals surface area contributed by atoms with Crippen molar-refractivity contribution in [2.45, 2.75) is 56.1 Å². The molecule has 1 unspecified atom stereocenters. The van der Waals surface area contributed by atoms with Crippen molar-refractivity contribution in [2.24, 2.45) is 7.05 Å². The SMILES string of the molecule is COC(=O)CC12CCC(c3ccc(-c4cnn(C)c4NC(=O)OC(C)c4ccccc4)cc3)(CC1)CO2. The summed E-state index contributed by atoms with van der Waals surface area (Å²) in [7, 11) is 3.21. The molecule has 1 atom stereocenters. The van der Waals surface area contributed by atoms with E-state index in [1.54, 1.807) is 17.9 Å². The Kier molecular flexibility index (Phi) is 6.77. The number of ether oxygens (including phenoxy) is 3. The van der Waals surface area contributed by atoms with Crippen molar-refractivity contribution in [1.82, 2.24) is 9.78 Å². The van der Waals surface area contributed by atoms with Crippen LogP contribution in [0.2, 0.25) is 0 Å². The molecule has 3 fully saturated rings. The normalized spacial score (nSPS) is 23.3. The average molecular weight is 504 g/mol. The number of aromatic nitrogens is 2. The van der Waals surface area contributed by atoms with E-state index in [9.17, 15) is 9.59 Å². The van der Waals surface area contributed by atoms with E-state index in [2.05, 4.69) is 34.7 Å². The molecule has 0 spiro atoms. The van der Waals surface area contributed by atoms with Gasteiger partial charge in [-0.15, -0.1) is 0 Å². The maximum Gasteiger partial charge on any atom is 0.413 e.